The molecule has 3 heterocycles. The minimum Gasteiger partial charge on any atom is -0.390 e. The third-order valence-corrected chi connectivity index (χ3v) is 7.48. The zero-order valence-corrected chi connectivity index (χ0v) is 17.1. The maximum absolute atomic E-state index is 10.9. The summed E-state index contributed by atoms with van der Waals surface area (Å²) in [6, 6.07) is 9.99. The Kier molecular flexibility index (Phi) is 4.10. The van der Waals surface area contributed by atoms with Crippen LogP contribution in [0.3, 0.4) is 0 Å². The number of aliphatic hydroxyl groups is 2. The van der Waals surface area contributed by atoms with E-state index >= 15 is 0 Å². The maximum Gasteiger partial charge on any atom is 0.137 e. The van der Waals surface area contributed by atoms with Gasteiger partial charge in [-0.25, -0.2) is 15.0 Å². The Labute approximate surface area is 179 Å². The number of fused-ring (bicyclic) bond motifs is 2. The van der Waals surface area contributed by atoms with Crippen molar-refractivity contribution < 1.29 is 10.2 Å². The van der Waals surface area contributed by atoms with Gasteiger partial charge in [0.05, 0.1) is 17.7 Å². The van der Waals surface area contributed by atoms with Crippen LogP contribution in [0.2, 0.25) is 0 Å². The van der Waals surface area contributed by atoms with E-state index in [1.165, 1.54) is 11.9 Å². The molecule has 2 saturated carbocycles. The van der Waals surface area contributed by atoms with Gasteiger partial charge in [0.1, 0.15) is 29.9 Å². The highest BCUT2D eigenvalue weighted by Crippen LogP contribution is 2.57. The predicted octanol–water partition coefficient (Wildman–Crippen LogP) is 1.47. The quantitative estimate of drug-likeness (QED) is 0.502. The van der Waals surface area contributed by atoms with Crippen molar-refractivity contribution in [3.63, 3.8) is 0 Å². The van der Waals surface area contributed by atoms with Crippen LogP contribution in [0, 0.1) is 11.8 Å². The van der Waals surface area contributed by atoms with Gasteiger partial charge in [-0.2, -0.15) is 0 Å². The van der Waals surface area contributed by atoms with Crippen molar-refractivity contribution in [1.29, 1.82) is 0 Å². The number of aromatic nitrogens is 3. The second kappa shape index (κ2) is 6.77. The molecule has 31 heavy (non-hydrogen) atoms. The molecule has 2 fully saturated rings. The highest BCUT2D eigenvalue weighted by atomic mass is 16.3. The third-order valence-electron chi connectivity index (χ3n) is 7.48. The number of aliphatic hydroxyl groups excluding tert-OH is 2. The first kappa shape index (κ1) is 18.8. The molecule has 160 valence electrons. The largest absolute Gasteiger partial charge is 0.390 e. The molecule has 0 radical (unpaired) electrons. The molecular weight excluding hydrogens is 392 g/mol. The van der Waals surface area contributed by atoms with Gasteiger partial charge in [-0.1, -0.05) is 12.1 Å². The van der Waals surface area contributed by atoms with E-state index in [1.54, 1.807) is 0 Å². The summed E-state index contributed by atoms with van der Waals surface area (Å²) in [4.78, 5) is 15.1. The number of rotatable bonds is 3. The lowest BCUT2D eigenvalue weighted by Crippen LogP contribution is -2.43. The van der Waals surface area contributed by atoms with Crippen molar-refractivity contribution in [2.75, 3.05) is 22.9 Å². The summed E-state index contributed by atoms with van der Waals surface area (Å²) in [5.74, 6) is 2.61. The fraction of sp³-hybridized carbons (Fsp3) is 0.435. The lowest BCUT2D eigenvalue weighted by molar-refractivity contribution is 0.00981. The Bertz CT molecular complexity index is 1170. The van der Waals surface area contributed by atoms with E-state index in [1.807, 2.05) is 12.1 Å². The molecule has 0 bridgehead atoms. The first-order chi connectivity index (χ1) is 15.0. The molecule has 3 aromatic rings. The standard InChI is InChI=1S/C23H26N6O2/c24-19-4-3-11-1-2-12(7-17(11)28-19)14-8-15(14)16-9-18(21(31)20(16)30)29-6-5-13-22(25)26-10-27-23(13)29/h1-4,7,10,14-16,18,20-21,30-31H,5-6,8-9H2,(H2,24,28)(H2,25,26,27)/t14?,15?,16-,18-,20-,21+/m1/s1. The first-order valence-corrected chi connectivity index (χ1v) is 10.9. The summed E-state index contributed by atoms with van der Waals surface area (Å²) in [6.07, 6.45) is 2.46. The smallest absolute Gasteiger partial charge is 0.137 e. The molecule has 0 saturated heterocycles. The lowest BCUT2D eigenvalue weighted by Gasteiger charge is -2.28. The van der Waals surface area contributed by atoms with Gasteiger partial charge in [0.15, 0.2) is 0 Å². The lowest BCUT2D eigenvalue weighted by atomic mass is 9.95. The van der Waals surface area contributed by atoms with E-state index in [0.29, 0.717) is 23.5 Å². The molecule has 1 aromatic carbocycles. The van der Waals surface area contributed by atoms with Crippen LogP contribution in [0.5, 0.6) is 0 Å². The van der Waals surface area contributed by atoms with Crippen LogP contribution >= 0.6 is 0 Å². The summed E-state index contributed by atoms with van der Waals surface area (Å²) in [5.41, 5.74) is 14.9. The van der Waals surface area contributed by atoms with Gasteiger partial charge in [0, 0.05) is 17.5 Å². The van der Waals surface area contributed by atoms with Gasteiger partial charge in [-0.05, 0) is 60.8 Å². The Morgan fingerprint density at radius 1 is 0.968 bits per heavy atom. The summed E-state index contributed by atoms with van der Waals surface area (Å²) in [7, 11) is 0. The average Bonchev–Trinajstić information content (AvgIpc) is 3.35. The molecule has 0 amide bonds. The number of nitrogens with zero attached hydrogens (tertiary/aromatic N) is 4. The molecule has 3 aliphatic rings. The molecule has 1 aliphatic heterocycles. The van der Waals surface area contributed by atoms with Gasteiger partial charge in [-0.15, -0.1) is 0 Å². The highest BCUT2D eigenvalue weighted by molar-refractivity contribution is 5.81. The summed E-state index contributed by atoms with van der Waals surface area (Å²) < 4.78 is 0. The molecular formula is C23H26N6O2. The number of hydrogen-bond acceptors (Lipinski definition) is 8. The number of pyridine rings is 1. The fourth-order valence-electron chi connectivity index (χ4n) is 5.79. The van der Waals surface area contributed by atoms with Gasteiger partial charge in [0.25, 0.3) is 0 Å². The second-order valence-electron chi connectivity index (χ2n) is 9.15. The molecule has 8 heteroatoms. The van der Waals surface area contributed by atoms with E-state index in [0.717, 1.165) is 48.1 Å². The molecule has 6 atom stereocenters. The molecule has 6 N–H and O–H groups in total. The number of nitrogen functional groups attached to an aromatic ring is 2. The van der Waals surface area contributed by atoms with Gasteiger partial charge >= 0.3 is 0 Å². The first-order valence-electron chi connectivity index (χ1n) is 10.9. The average molecular weight is 419 g/mol. The summed E-state index contributed by atoms with van der Waals surface area (Å²) >= 11 is 0. The van der Waals surface area contributed by atoms with Crippen LogP contribution in [0.1, 0.15) is 29.9 Å². The summed E-state index contributed by atoms with van der Waals surface area (Å²) in [5, 5.41) is 22.9. The number of anilines is 3. The molecule has 6 rings (SSSR count). The van der Waals surface area contributed by atoms with Crippen molar-refractivity contribution in [2.45, 2.75) is 43.4 Å². The second-order valence-corrected chi connectivity index (χ2v) is 9.15. The van der Waals surface area contributed by atoms with Crippen LogP contribution in [0.4, 0.5) is 17.5 Å². The molecule has 2 aromatic heterocycles. The van der Waals surface area contributed by atoms with E-state index < -0.39 is 12.2 Å². The van der Waals surface area contributed by atoms with Crippen molar-refractivity contribution in [3.05, 3.63) is 47.8 Å². The minimum absolute atomic E-state index is 0.0535. The summed E-state index contributed by atoms with van der Waals surface area (Å²) in [6.45, 7) is 0.741. The van der Waals surface area contributed by atoms with Crippen LogP contribution in [-0.2, 0) is 6.42 Å². The predicted molar refractivity (Wildman–Crippen MR) is 118 cm³/mol. The van der Waals surface area contributed by atoms with E-state index in [4.69, 9.17) is 11.5 Å². The van der Waals surface area contributed by atoms with E-state index in [-0.39, 0.29) is 12.0 Å². The van der Waals surface area contributed by atoms with Gasteiger partial charge in [-0.3, -0.25) is 0 Å². The SMILES string of the molecule is Nc1ccc2ccc(C3CC3[C@H]3C[C@@H](N4CCc5c(N)ncnc54)[C@H](O)[C@@H]3O)cc2n1. The maximum atomic E-state index is 10.9. The monoisotopic (exact) mass is 418 g/mol. The Hall–Kier alpha value is -2.97. The topological polar surface area (TPSA) is 134 Å². The van der Waals surface area contributed by atoms with Crippen molar-refractivity contribution >= 4 is 28.4 Å². The van der Waals surface area contributed by atoms with E-state index in [2.05, 4.69) is 38.1 Å². The van der Waals surface area contributed by atoms with Crippen molar-refractivity contribution in [2.24, 2.45) is 11.8 Å². The van der Waals surface area contributed by atoms with Crippen LogP contribution < -0.4 is 16.4 Å². The number of benzene rings is 1. The third kappa shape index (κ3) is 2.93. The highest BCUT2D eigenvalue weighted by Gasteiger charge is 2.55. The minimum atomic E-state index is -0.800. The fourth-order valence-corrected chi connectivity index (χ4v) is 5.79. The molecule has 0 spiro atoms. The van der Waals surface area contributed by atoms with Crippen molar-refractivity contribution in [3.8, 4) is 0 Å². The zero-order valence-electron chi connectivity index (χ0n) is 17.1. The van der Waals surface area contributed by atoms with Crippen LogP contribution in [0.15, 0.2) is 36.7 Å². The van der Waals surface area contributed by atoms with Crippen LogP contribution in [0.25, 0.3) is 10.9 Å². The van der Waals surface area contributed by atoms with Gasteiger partial charge in [0.2, 0.25) is 0 Å². The van der Waals surface area contributed by atoms with Crippen LogP contribution in [-0.4, -0.2) is 50.0 Å². The molecule has 8 nitrogen and oxygen atoms in total. The Morgan fingerprint density at radius 3 is 2.68 bits per heavy atom. The molecule has 2 unspecified atom stereocenters. The normalized spacial score (nSPS) is 31.9. The van der Waals surface area contributed by atoms with Gasteiger partial charge < -0.3 is 26.6 Å². The van der Waals surface area contributed by atoms with Crippen molar-refractivity contribution in [1.82, 2.24) is 15.0 Å². The number of hydrogen-bond donors (Lipinski definition) is 4. The molecule has 2 aliphatic carbocycles. The number of nitrogens with two attached hydrogens (primary N) is 2. The van der Waals surface area contributed by atoms with E-state index in [9.17, 15) is 10.2 Å². The Balaban J connectivity index is 1.22. The zero-order chi connectivity index (χ0) is 21.3. The Morgan fingerprint density at radius 2 is 1.81 bits per heavy atom.